The van der Waals surface area contributed by atoms with Crippen LogP contribution >= 0.6 is 0 Å². The summed E-state index contributed by atoms with van der Waals surface area (Å²) in [7, 11) is 0. The molecule has 0 radical (unpaired) electrons. The van der Waals surface area contributed by atoms with Crippen LogP contribution in [0.1, 0.15) is 37.7 Å². The van der Waals surface area contributed by atoms with Crippen LogP contribution in [-0.2, 0) is 16.1 Å². The highest BCUT2D eigenvalue weighted by atomic mass is 16.2. The number of amides is 2. The fourth-order valence-electron chi connectivity index (χ4n) is 3.32. The van der Waals surface area contributed by atoms with Crippen LogP contribution in [0, 0.1) is 0 Å². The van der Waals surface area contributed by atoms with Gasteiger partial charge in [0.15, 0.2) is 0 Å². The topological polar surface area (TPSA) is 62.3 Å². The molecule has 0 bridgehead atoms. The summed E-state index contributed by atoms with van der Waals surface area (Å²) in [5.41, 5.74) is 0.337. The second kappa shape index (κ2) is 5.23. The van der Waals surface area contributed by atoms with E-state index in [4.69, 9.17) is 0 Å². The molecule has 1 aliphatic carbocycles. The van der Waals surface area contributed by atoms with E-state index in [0.717, 1.165) is 37.7 Å². The van der Waals surface area contributed by atoms with Crippen molar-refractivity contribution >= 4 is 11.8 Å². The van der Waals surface area contributed by atoms with Gasteiger partial charge in [-0.1, -0.05) is 25.3 Å². The van der Waals surface area contributed by atoms with Gasteiger partial charge in [0.05, 0.1) is 6.54 Å². The standard InChI is InChI=1S/C15H19N3O2/c19-13-10-17-14(20)15(6-2-1-3-7-15)18(13)11-12-5-4-8-16-9-12/h4-5,8-9H,1-3,6-7,10-11H2,(H,17,20). The Kier molecular flexibility index (Phi) is 3.42. The Morgan fingerprint density at radius 2 is 2.05 bits per heavy atom. The number of carbonyl (C=O) groups is 2. The third-order valence-electron chi connectivity index (χ3n) is 4.38. The lowest BCUT2D eigenvalue weighted by molar-refractivity contribution is -0.157. The van der Waals surface area contributed by atoms with Crippen LogP contribution in [0.25, 0.3) is 0 Å². The molecule has 2 amide bonds. The predicted octanol–water partition coefficient (Wildman–Crippen LogP) is 1.24. The molecule has 5 nitrogen and oxygen atoms in total. The first-order valence-electron chi connectivity index (χ1n) is 7.20. The quantitative estimate of drug-likeness (QED) is 0.882. The minimum absolute atomic E-state index is 0.00959. The van der Waals surface area contributed by atoms with Crippen molar-refractivity contribution in [2.24, 2.45) is 0 Å². The van der Waals surface area contributed by atoms with Crippen LogP contribution in [0.15, 0.2) is 24.5 Å². The van der Waals surface area contributed by atoms with E-state index >= 15 is 0 Å². The molecular weight excluding hydrogens is 254 g/mol. The number of pyridine rings is 1. The average molecular weight is 273 g/mol. The fraction of sp³-hybridized carbons (Fsp3) is 0.533. The van der Waals surface area contributed by atoms with Crippen molar-refractivity contribution in [1.29, 1.82) is 0 Å². The number of piperazine rings is 1. The molecule has 5 heteroatoms. The van der Waals surface area contributed by atoms with Gasteiger partial charge in [0.2, 0.25) is 11.8 Å². The molecule has 2 fully saturated rings. The molecule has 20 heavy (non-hydrogen) atoms. The Hall–Kier alpha value is -1.91. The second-order valence-electron chi connectivity index (χ2n) is 5.62. The first-order chi connectivity index (χ1) is 9.72. The van der Waals surface area contributed by atoms with Gasteiger partial charge in [0.1, 0.15) is 5.54 Å². The molecule has 1 saturated carbocycles. The van der Waals surface area contributed by atoms with Crippen molar-refractivity contribution < 1.29 is 9.59 Å². The van der Waals surface area contributed by atoms with Gasteiger partial charge in [0.25, 0.3) is 0 Å². The number of hydrogen-bond donors (Lipinski definition) is 1. The molecule has 1 spiro atoms. The Morgan fingerprint density at radius 1 is 1.25 bits per heavy atom. The van der Waals surface area contributed by atoms with E-state index in [0.29, 0.717) is 6.54 Å². The molecule has 1 N–H and O–H groups in total. The highest BCUT2D eigenvalue weighted by Gasteiger charge is 2.49. The van der Waals surface area contributed by atoms with E-state index < -0.39 is 5.54 Å². The van der Waals surface area contributed by atoms with Gasteiger partial charge in [-0.05, 0) is 24.5 Å². The summed E-state index contributed by atoms with van der Waals surface area (Å²) in [6.45, 7) is 0.584. The number of hydrogen-bond acceptors (Lipinski definition) is 3. The first kappa shape index (κ1) is 13.1. The molecule has 1 aromatic heterocycles. The van der Waals surface area contributed by atoms with Crippen molar-refractivity contribution in [2.45, 2.75) is 44.2 Å². The lowest BCUT2D eigenvalue weighted by Gasteiger charge is -2.47. The monoisotopic (exact) mass is 273 g/mol. The molecule has 0 atom stereocenters. The van der Waals surface area contributed by atoms with Gasteiger partial charge < -0.3 is 10.2 Å². The third kappa shape index (κ3) is 2.17. The Bertz CT molecular complexity index is 509. The summed E-state index contributed by atoms with van der Waals surface area (Å²) in [5, 5.41) is 2.76. The SMILES string of the molecule is O=C1CNC(=O)C2(CCCCC2)N1Cc1cccnc1. The lowest BCUT2D eigenvalue weighted by atomic mass is 9.78. The Morgan fingerprint density at radius 3 is 2.75 bits per heavy atom. The van der Waals surface area contributed by atoms with Crippen molar-refractivity contribution in [3.05, 3.63) is 30.1 Å². The first-order valence-corrected chi connectivity index (χ1v) is 7.20. The minimum Gasteiger partial charge on any atom is -0.345 e. The predicted molar refractivity (Wildman–Crippen MR) is 73.6 cm³/mol. The molecule has 2 aliphatic rings. The van der Waals surface area contributed by atoms with Crippen molar-refractivity contribution in [2.75, 3.05) is 6.54 Å². The smallest absolute Gasteiger partial charge is 0.246 e. The largest absolute Gasteiger partial charge is 0.345 e. The van der Waals surface area contributed by atoms with E-state index in [2.05, 4.69) is 10.3 Å². The van der Waals surface area contributed by atoms with Crippen LogP contribution in [-0.4, -0.2) is 33.8 Å². The van der Waals surface area contributed by atoms with Crippen LogP contribution in [0.5, 0.6) is 0 Å². The molecule has 3 rings (SSSR count). The summed E-state index contributed by atoms with van der Waals surface area (Å²) in [6, 6.07) is 3.81. The highest BCUT2D eigenvalue weighted by Crippen LogP contribution is 2.36. The van der Waals surface area contributed by atoms with Gasteiger partial charge in [-0.15, -0.1) is 0 Å². The van der Waals surface area contributed by atoms with Gasteiger partial charge in [-0.2, -0.15) is 0 Å². The lowest BCUT2D eigenvalue weighted by Crippen LogP contribution is -2.67. The van der Waals surface area contributed by atoms with Gasteiger partial charge in [-0.25, -0.2) is 0 Å². The zero-order valence-corrected chi connectivity index (χ0v) is 11.5. The van der Waals surface area contributed by atoms with Crippen molar-refractivity contribution in [3.8, 4) is 0 Å². The van der Waals surface area contributed by atoms with E-state index in [9.17, 15) is 9.59 Å². The molecule has 1 aliphatic heterocycles. The fourth-order valence-corrected chi connectivity index (χ4v) is 3.32. The summed E-state index contributed by atoms with van der Waals surface area (Å²) >= 11 is 0. The van der Waals surface area contributed by atoms with Gasteiger partial charge >= 0.3 is 0 Å². The summed E-state index contributed by atoms with van der Waals surface area (Å²) in [6.07, 6.45) is 8.16. The number of rotatable bonds is 2. The number of carbonyl (C=O) groups excluding carboxylic acids is 2. The van der Waals surface area contributed by atoms with Crippen LogP contribution in [0.2, 0.25) is 0 Å². The Balaban J connectivity index is 1.90. The molecule has 0 unspecified atom stereocenters. The summed E-state index contributed by atoms with van der Waals surface area (Å²) in [4.78, 5) is 30.6. The molecular formula is C15H19N3O2. The van der Waals surface area contributed by atoms with Crippen LogP contribution in [0.4, 0.5) is 0 Å². The normalized spacial score (nSPS) is 21.9. The Labute approximate surface area is 118 Å². The highest BCUT2D eigenvalue weighted by molar-refractivity contribution is 5.98. The summed E-state index contributed by atoms with van der Waals surface area (Å²) < 4.78 is 0. The van der Waals surface area contributed by atoms with E-state index in [1.54, 1.807) is 17.3 Å². The maximum Gasteiger partial charge on any atom is 0.246 e. The molecule has 1 saturated heterocycles. The zero-order valence-electron chi connectivity index (χ0n) is 11.5. The van der Waals surface area contributed by atoms with E-state index in [-0.39, 0.29) is 18.4 Å². The minimum atomic E-state index is -0.635. The average Bonchev–Trinajstić information content (AvgIpc) is 2.50. The summed E-state index contributed by atoms with van der Waals surface area (Å²) in [5.74, 6) is 0.0241. The van der Waals surface area contributed by atoms with Crippen molar-refractivity contribution in [3.63, 3.8) is 0 Å². The van der Waals surface area contributed by atoms with Gasteiger partial charge in [-0.3, -0.25) is 14.6 Å². The van der Waals surface area contributed by atoms with Crippen LogP contribution in [0.3, 0.4) is 0 Å². The molecule has 106 valence electrons. The molecule has 1 aromatic rings. The number of nitrogens with one attached hydrogen (secondary N) is 1. The molecule has 0 aromatic carbocycles. The molecule has 2 heterocycles. The maximum atomic E-state index is 12.4. The number of aromatic nitrogens is 1. The van der Waals surface area contributed by atoms with Crippen molar-refractivity contribution in [1.82, 2.24) is 15.2 Å². The third-order valence-corrected chi connectivity index (χ3v) is 4.38. The van der Waals surface area contributed by atoms with E-state index in [1.165, 1.54) is 0 Å². The second-order valence-corrected chi connectivity index (χ2v) is 5.62. The maximum absolute atomic E-state index is 12.4. The zero-order chi connectivity index (χ0) is 14.0. The van der Waals surface area contributed by atoms with E-state index in [1.807, 2.05) is 12.1 Å². The number of nitrogens with zero attached hydrogens (tertiary/aromatic N) is 2. The van der Waals surface area contributed by atoms with Crippen LogP contribution < -0.4 is 5.32 Å². The van der Waals surface area contributed by atoms with Gasteiger partial charge in [0, 0.05) is 18.9 Å².